The van der Waals surface area contributed by atoms with Gasteiger partial charge in [0, 0.05) is 12.0 Å². The molecule has 1 aromatic carbocycles. The van der Waals surface area contributed by atoms with E-state index in [-0.39, 0.29) is 11.8 Å². The average molecular weight is 288 g/mol. The van der Waals surface area contributed by atoms with Crippen LogP contribution < -0.4 is 5.32 Å². The van der Waals surface area contributed by atoms with Crippen LogP contribution in [0.4, 0.5) is 0 Å². The van der Waals surface area contributed by atoms with Crippen LogP contribution >= 0.6 is 12.2 Å². The molecule has 1 saturated heterocycles. The number of hydrogen-bond donors (Lipinski definition) is 2. The van der Waals surface area contributed by atoms with Crippen LogP contribution in [-0.4, -0.2) is 26.6 Å². The summed E-state index contributed by atoms with van der Waals surface area (Å²) in [6, 6.07) is 8.97. The molecule has 3 rings (SSSR count). The number of carbonyl (C=O) groups excluding carboxylic acids is 2. The van der Waals surface area contributed by atoms with Crippen LogP contribution in [0.1, 0.15) is 18.9 Å². The lowest BCUT2D eigenvalue weighted by Gasteiger charge is -2.23. The van der Waals surface area contributed by atoms with Gasteiger partial charge in [-0.2, -0.15) is 5.10 Å². The van der Waals surface area contributed by atoms with Crippen molar-refractivity contribution in [2.24, 2.45) is 0 Å². The summed E-state index contributed by atoms with van der Waals surface area (Å²) in [7, 11) is 0. The third-order valence-electron chi connectivity index (χ3n) is 3.26. The Labute approximate surface area is 119 Å². The van der Waals surface area contributed by atoms with Crippen molar-refractivity contribution in [3.05, 3.63) is 35.1 Å². The number of nitrogens with zero attached hydrogens (tertiary/aromatic N) is 2. The molecule has 1 aliphatic heterocycles. The quantitative estimate of drug-likeness (QED) is 0.649. The molecule has 1 aromatic heterocycles. The van der Waals surface area contributed by atoms with Gasteiger partial charge in [0.05, 0.1) is 0 Å². The lowest BCUT2D eigenvalue weighted by Crippen LogP contribution is -2.41. The molecule has 0 saturated carbocycles. The molecule has 7 heteroatoms. The van der Waals surface area contributed by atoms with Crippen molar-refractivity contribution in [3.63, 3.8) is 0 Å². The number of carbonyl (C=O) groups is 2. The number of aromatic amines is 1. The van der Waals surface area contributed by atoms with Crippen molar-refractivity contribution in [1.82, 2.24) is 20.1 Å². The molecule has 1 aliphatic rings. The lowest BCUT2D eigenvalue weighted by atomic mass is 10.1. The smallest absolute Gasteiger partial charge is 0.249 e. The standard InChI is InChI=1S/C13H12N4O2S/c18-10-7-6-9(12(19)14-10)17-11(15-16-13(17)20)8-4-2-1-3-5-8/h1-5,9H,6-7H2,(H,16,20)(H,14,18,19). The molecule has 0 bridgehead atoms. The Balaban J connectivity index is 2.06. The molecule has 0 spiro atoms. The SMILES string of the molecule is O=C1CCC(n2c(-c3ccccc3)n[nH]c2=S)C(=O)N1. The van der Waals surface area contributed by atoms with E-state index in [0.29, 0.717) is 23.4 Å². The molecule has 1 unspecified atom stereocenters. The summed E-state index contributed by atoms with van der Waals surface area (Å²) in [5.41, 5.74) is 0.865. The average Bonchev–Trinajstić information content (AvgIpc) is 2.82. The Kier molecular flexibility index (Phi) is 3.19. The van der Waals surface area contributed by atoms with Crippen molar-refractivity contribution in [1.29, 1.82) is 0 Å². The highest BCUT2D eigenvalue weighted by Gasteiger charge is 2.30. The maximum absolute atomic E-state index is 12.0. The summed E-state index contributed by atoms with van der Waals surface area (Å²) in [5, 5.41) is 9.25. The number of nitrogens with one attached hydrogen (secondary N) is 2. The van der Waals surface area contributed by atoms with E-state index in [0.717, 1.165) is 5.56 Å². The third-order valence-corrected chi connectivity index (χ3v) is 3.55. The molecular formula is C13H12N4O2S. The van der Waals surface area contributed by atoms with Gasteiger partial charge < -0.3 is 0 Å². The zero-order valence-corrected chi connectivity index (χ0v) is 11.3. The molecule has 0 aliphatic carbocycles. The van der Waals surface area contributed by atoms with Gasteiger partial charge >= 0.3 is 0 Å². The second kappa shape index (κ2) is 5.01. The van der Waals surface area contributed by atoms with Crippen LogP contribution in [0.5, 0.6) is 0 Å². The van der Waals surface area contributed by atoms with Crippen molar-refractivity contribution >= 4 is 24.0 Å². The number of benzene rings is 1. The summed E-state index contributed by atoms with van der Waals surface area (Å²) < 4.78 is 2.05. The van der Waals surface area contributed by atoms with Crippen molar-refractivity contribution < 1.29 is 9.59 Å². The highest BCUT2D eigenvalue weighted by molar-refractivity contribution is 7.71. The first kappa shape index (κ1) is 12.7. The van der Waals surface area contributed by atoms with E-state index in [9.17, 15) is 9.59 Å². The fraction of sp³-hybridized carbons (Fsp3) is 0.231. The number of hydrogen-bond acceptors (Lipinski definition) is 4. The van der Waals surface area contributed by atoms with Gasteiger partial charge in [0.2, 0.25) is 11.8 Å². The minimum Gasteiger partial charge on any atom is -0.295 e. The van der Waals surface area contributed by atoms with E-state index in [4.69, 9.17) is 12.2 Å². The van der Waals surface area contributed by atoms with E-state index >= 15 is 0 Å². The summed E-state index contributed by atoms with van der Waals surface area (Å²) in [4.78, 5) is 23.2. The minimum atomic E-state index is -0.505. The molecule has 2 amide bonds. The molecular weight excluding hydrogens is 276 g/mol. The molecule has 2 aromatic rings. The van der Waals surface area contributed by atoms with Gasteiger partial charge in [-0.15, -0.1) is 0 Å². The molecule has 0 radical (unpaired) electrons. The second-order valence-corrected chi connectivity index (χ2v) is 4.94. The van der Waals surface area contributed by atoms with Crippen molar-refractivity contribution in [3.8, 4) is 11.4 Å². The van der Waals surface area contributed by atoms with Gasteiger partial charge in [-0.25, -0.2) is 0 Å². The van der Waals surface area contributed by atoms with E-state index in [1.807, 2.05) is 30.3 Å². The molecule has 102 valence electrons. The normalized spacial score (nSPS) is 18.9. The van der Waals surface area contributed by atoms with Gasteiger partial charge in [-0.05, 0) is 18.6 Å². The number of imide groups is 1. The van der Waals surface area contributed by atoms with Crippen LogP contribution in [0.15, 0.2) is 30.3 Å². The predicted octanol–water partition coefficient (Wildman–Crippen LogP) is 1.59. The topological polar surface area (TPSA) is 79.8 Å². The number of H-pyrrole nitrogens is 1. The highest BCUT2D eigenvalue weighted by Crippen LogP contribution is 2.25. The number of aromatic nitrogens is 3. The zero-order chi connectivity index (χ0) is 14.1. The Morgan fingerprint density at radius 2 is 2.00 bits per heavy atom. The number of piperidine rings is 1. The van der Waals surface area contributed by atoms with Gasteiger partial charge in [-0.1, -0.05) is 30.3 Å². The van der Waals surface area contributed by atoms with E-state index < -0.39 is 6.04 Å². The Morgan fingerprint density at radius 3 is 2.70 bits per heavy atom. The minimum absolute atomic E-state index is 0.248. The van der Waals surface area contributed by atoms with E-state index in [2.05, 4.69) is 15.5 Å². The van der Waals surface area contributed by atoms with Gasteiger partial charge in [-0.3, -0.25) is 24.6 Å². The summed E-state index contributed by atoms with van der Waals surface area (Å²) in [5.74, 6) is 0.0172. The fourth-order valence-corrected chi connectivity index (χ4v) is 2.57. The maximum atomic E-state index is 12.0. The molecule has 20 heavy (non-hydrogen) atoms. The third kappa shape index (κ3) is 2.16. The number of amides is 2. The van der Waals surface area contributed by atoms with Gasteiger partial charge in [0.1, 0.15) is 6.04 Å². The van der Waals surface area contributed by atoms with Crippen molar-refractivity contribution in [2.45, 2.75) is 18.9 Å². The van der Waals surface area contributed by atoms with Crippen LogP contribution in [0.3, 0.4) is 0 Å². The zero-order valence-electron chi connectivity index (χ0n) is 10.5. The summed E-state index contributed by atoms with van der Waals surface area (Å²) >= 11 is 5.22. The Morgan fingerprint density at radius 1 is 1.25 bits per heavy atom. The summed E-state index contributed by atoms with van der Waals surface area (Å²) in [6.45, 7) is 0. The van der Waals surface area contributed by atoms with Gasteiger partial charge in [0.15, 0.2) is 10.6 Å². The Bertz CT molecular complexity index is 719. The monoisotopic (exact) mass is 288 g/mol. The first-order valence-electron chi connectivity index (χ1n) is 6.23. The predicted molar refractivity (Wildman–Crippen MR) is 74.3 cm³/mol. The second-order valence-electron chi connectivity index (χ2n) is 4.56. The van der Waals surface area contributed by atoms with Crippen LogP contribution in [0.25, 0.3) is 11.4 Å². The van der Waals surface area contributed by atoms with Crippen LogP contribution in [0, 0.1) is 4.77 Å². The van der Waals surface area contributed by atoms with E-state index in [1.54, 1.807) is 4.57 Å². The van der Waals surface area contributed by atoms with E-state index in [1.165, 1.54) is 0 Å². The molecule has 1 fully saturated rings. The molecule has 1 atom stereocenters. The molecule has 6 nitrogen and oxygen atoms in total. The summed E-state index contributed by atoms with van der Waals surface area (Å²) in [6.07, 6.45) is 0.732. The first-order chi connectivity index (χ1) is 9.66. The molecule has 2 N–H and O–H groups in total. The Hall–Kier alpha value is -2.28. The van der Waals surface area contributed by atoms with Crippen molar-refractivity contribution in [2.75, 3.05) is 0 Å². The van der Waals surface area contributed by atoms with Crippen LogP contribution in [-0.2, 0) is 9.59 Å². The van der Waals surface area contributed by atoms with Crippen LogP contribution in [0.2, 0.25) is 0 Å². The number of rotatable bonds is 2. The largest absolute Gasteiger partial charge is 0.295 e. The lowest BCUT2D eigenvalue weighted by molar-refractivity contribution is -0.135. The maximum Gasteiger partial charge on any atom is 0.249 e. The van der Waals surface area contributed by atoms with Gasteiger partial charge in [0.25, 0.3) is 0 Å². The fourth-order valence-electron chi connectivity index (χ4n) is 2.31. The first-order valence-corrected chi connectivity index (χ1v) is 6.63. The highest BCUT2D eigenvalue weighted by atomic mass is 32.1. The molecule has 2 heterocycles.